The topological polar surface area (TPSA) is 58.6 Å². The number of H-pyrrole nitrogens is 1. The summed E-state index contributed by atoms with van der Waals surface area (Å²) in [5.74, 6) is 1.04. The maximum Gasteiger partial charge on any atom is 0.156 e. The Morgan fingerprint density at radius 1 is 1.23 bits per heavy atom. The molecule has 0 aliphatic heterocycles. The second-order valence-electron chi connectivity index (χ2n) is 5.04. The summed E-state index contributed by atoms with van der Waals surface area (Å²) < 4.78 is 0. The van der Waals surface area contributed by atoms with Gasteiger partial charge in [0.1, 0.15) is 0 Å². The molecule has 0 atom stereocenters. The van der Waals surface area contributed by atoms with E-state index in [0.29, 0.717) is 5.56 Å². The fourth-order valence-corrected chi connectivity index (χ4v) is 3.65. The molecule has 0 saturated carbocycles. The highest BCUT2D eigenvalue weighted by atomic mass is 32.2. The average molecular weight is 311 g/mol. The van der Waals surface area contributed by atoms with Crippen molar-refractivity contribution in [3.63, 3.8) is 0 Å². The highest BCUT2D eigenvalue weighted by Crippen LogP contribution is 2.37. The number of fused-ring (bicyclic) bond motifs is 1. The molecule has 0 fully saturated rings. The molecule has 2 aromatic heterocycles. The Balaban J connectivity index is 2.15. The molecular weight excluding hydrogens is 294 g/mol. The first-order valence-corrected chi connectivity index (χ1v) is 8.33. The van der Waals surface area contributed by atoms with Crippen molar-refractivity contribution >= 4 is 29.1 Å². The van der Waals surface area contributed by atoms with E-state index in [4.69, 9.17) is 0 Å². The van der Waals surface area contributed by atoms with E-state index in [-0.39, 0.29) is 0 Å². The standard InChI is InChI=1S/C17H17N3OS/c1-2-3-8-22-16-14(9-18-17-15(16)10-19-20-17)13-7-5-4-6-12(13)11-21/h4-7,9-11H,2-3,8H2,1H3,(H,18,19,20). The van der Waals surface area contributed by atoms with Gasteiger partial charge in [-0.05, 0) is 17.7 Å². The number of hydrogen-bond acceptors (Lipinski definition) is 4. The van der Waals surface area contributed by atoms with E-state index in [9.17, 15) is 4.79 Å². The molecule has 0 radical (unpaired) electrons. The van der Waals surface area contributed by atoms with Crippen LogP contribution in [0.25, 0.3) is 22.2 Å². The summed E-state index contributed by atoms with van der Waals surface area (Å²) in [5.41, 5.74) is 3.39. The molecule has 0 aliphatic carbocycles. The van der Waals surface area contributed by atoms with E-state index in [1.54, 1.807) is 11.8 Å². The van der Waals surface area contributed by atoms with Crippen LogP contribution < -0.4 is 0 Å². The molecule has 3 rings (SSSR count). The quantitative estimate of drug-likeness (QED) is 0.418. The highest BCUT2D eigenvalue weighted by Gasteiger charge is 2.14. The van der Waals surface area contributed by atoms with Crippen LogP contribution in [0.3, 0.4) is 0 Å². The lowest BCUT2D eigenvalue weighted by Crippen LogP contribution is -1.92. The van der Waals surface area contributed by atoms with Crippen molar-refractivity contribution < 1.29 is 4.79 Å². The maximum atomic E-state index is 11.3. The van der Waals surface area contributed by atoms with Crippen LogP contribution in [-0.2, 0) is 0 Å². The summed E-state index contributed by atoms with van der Waals surface area (Å²) in [5, 5.41) is 8.02. The van der Waals surface area contributed by atoms with Gasteiger partial charge in [-0.15, -0.1) is 11.8 Å². The Kier molecular flexibility index (Phi) is 4.53. The van der Waals surface area contributed by atoms with Crippen molar-refractivity contribution in [2.45, 2.75) is 24.7 Å². The number of thioether (sulfide) groups is 1. The number of hydrogen-bond donors (Lipinski definition) is 1. The van der Waals surface area contributed by atoms with Gasteiger partial charge in [-0.1, -0.05) is 37.6 Å². The van der Waals surface area contributed by atoms with Crippen molar-refractivity contribution in [3.8, 4) is 11.1 Å². The van der Waals surface area contributed by atoms with Crippen molar-refractivity contribution in [2.75, 3.05) is 5.75 Å². The lowest BCUT2D eigenvalue weighted by Gasteiger charge is -2.11. The molecule has 0 saturated heterocycles. The number of nitrogens with one attached hydrogen (secondary N) is 1. The van der Waals surface area contributed by atoms with E-state index in [1.807, 2.05) is 36.7 Å². The fraction of sp³-hybridized carbons (Fsp3) is 0.235. The average Bonchev–Trinajstić information content (AvgIpc) is 3.04. The summed E-state index contributed by atoms with van der Waals surface area (Å²) in [7, 11) is 0. The minimum atomic E-state index is 0.685. The third-order valence-corrected chi connectivity index (χ3v) is 4.77. The van der Waals surface area contributed by atoms with Gasteiger partial charge in [0.05, 0.1) is 11.6 Å². The number of carbonyl (C=O) groups excluding carboxylic acids is 1. The molecule has 1 aromatic carbocycles. The van der Waals surface area contributed by atoms with E-state index in [0.717, 1.165) is 51.9 Å². The molecule has 0 unspecified atom stereocenters. The van der Waals surface area contributed by atoms with Crippen molar-refractivity contribution in [3.05, 3.63) is 42.2 Å². The minimum Gasteiger partial charge on any atom is -0.298 e. The first-order chi connectivity index (χ1) is 10.8. The van der Waals surface area contributed by atoms with Crippen LogP contribution in [0.2, 0.25) is 0 Å². The zero-order valence-electron chi connectivity index (χ0n) is 12.4. The van der Waals surface area contributed by atoms with E-state index >= 15 is 0 Å². The van der Waals surface area contributed by atoms with Gasteiger partial charge in [-0.2, -0.15) is 5.10 Å². The third kappa shape index (κ3) is 2.76. The lowest BCUT2D eigenvalue weighted by molar-refractivity contribution is 0.112. The summed E-state index contributed by atoms with van der Waals surface area (Å²) in [6, 6.07) is 7.63. The smallest absolute Gasteiger partial charge is 0.156 e. The Morgan fingerprint density at radius 2 is 2.09 bits per heavy atom. The Hall–Kier alpha value is -2.14. The normalized spacial score (nSPS) is 11.0. The zero-order chi connectivity index (χ0) is 15.4. The molecule has 4 nitrogen and oxygen atoms in total. The molecule has 112 valence electrons. The summed E-state index contributed by atoms with van der Waals surface area (Å²) in [4.78, 5) is 16.9. The van der Waals surface area contributed by atoms with Crippen LogP contribution in [-0.4, -0.2) is 27.2 Å². The van der Waals surface area contributed by atoms with Crippen LogP contribution >= 0.6 is 11.8 Å². The number of aromatic amines is 1. The number of aldehydes is 1. The fourth-order valence-electron chi connectivity index (χ4n) is 2.39. The van der Waals surface area contributed by atoms with Crippen LogP contribution in [0.1, 0.15) is 30.1 Å². The summed E-state index contributed by atoms with van der Waals surface area (Å²) in [6.45, 7) is 2.18. The summed E-state index contributed by atoms with van der Waals surface area (Å²) >= 11 is 1.80. The maximum absolute atomic E-state index is 11.3. The number of rotatable bonds is 6. The Bertz CT molecular complexity index is 797. The van der Waals surface area contributed by atoms with Crippen molar-refractivity contribution in [1.29, 1.82) is 0 Å². The number of aromatic nitrogens is 3. The number of unbranched alkanes of at least 4 members (excludes halogenated alkanes) is 1. The highest BCUT2D eigenvalue weighted by molar-refractivity contribution is 7.99. The number of carbonyl (C=O) groups is 1. The molecule has 1 N–H and O–H groups in total. The second kappa shape index (κ2) is 6.75. The van der Waals surface area contributed by atoms with Gasteiger partial charge >= 0.3 is 0 Å². The molecule has 5 heteroatoms. The number of pyridine rings is 1. The van der Waals surface area contributed by atoms with Gasteiger partial charge in [0.25, 0.3) is 0 Å². The zero-order valence-corrected chi connectivity index (χ0v) is 13.2. The van der Waals surface area contributed by atoms with Crippen LogP contribution in [0.4, 0.5) is 0 Å². The molecular formula is C17H17N3OS. The van der Waals surface area contributed by atoms with Crippen LogP contribution in [0, 0.1) is 0 Å². The van der Waals surface area contributed by atoms with Crippen molar-refractivity contribution in [1.82, 2.24) is 15.2 Å². The van der Waals surface area contributed by atoms with Crippen LogP contribution in [0.5, 0.6) is 0 Å². The molecule has 3 aromatic rings. The predicted molar refractivity (Wildman–Crippen MR) is 90.3 cm³/mol. The van der Waals surface area contributed by atoms with Crippen molar-refractivity contribution in [2.24, 2.45) is 0 Å². The molecule has 0 bridgehead atoms. The van der Waals surface area contributed by atoms with E-state index in [1.165, 1.54) is 0 Å². The van der Waals surface area contributed by atoms with E-state index in [2.05, 4.69) is 22.1 Å². The van der Waals surface area contributed by atoms with Gasteiger partial charge in [0, 0.05) is 22.2 Å². The summed E-state index contributed by atoms with van der Waals surface area (Å²) in [6.07, 6.45) is 6.85. The first kappa shape index (κ1) is 14.8. The molecule has 0 spiro atoms. The largest absolute Gasteiger partial charge is 0.298 e. The molecule has 2 heterocycles. The minimum absolute atomic E-state index is 0.685. The number of benzene rings is 1. The van der Waals surface area contributed by atoms with Gasteiger partial charge < -0.3 is 0 Å². The first-order valence-electron chi connectivity index (χ1n) is 7.34. The third-order valence-electron chi connectivity index (χ3n) is 3.55. The Labute approximate surface area is 133 Å². The predicted octanol–water partition coefficient (Wildman–Crippen LogP) is 4.33. The van der Waals surface area contributed by atoms with E-state index < -0.39 is 0 Å². The molecule has 22 heavy (non-hydrogen) atoms. The lowest BCUT2D eigenvalue weighted by atomic mass is 10.0. The van der Waals surface area contributed by atoms with Gasteiger partial charge in [0.15, 0.2) is 11.9 Å². The Morgan fingerprint density at radius 3 is 2.91 bits per heavy atom. The van der Waals surface area contributed by atoms with Gasteiger partial charge in [-0.3, -0.25) is 9.89 Å². The van der Waals surface area contributed by atoms with Gasteiger partial charge in [-0.25, -0.2) is 4.98 Å². The monoisotopic (exact) mass is 311 g/mol. The second-order valence-corrected chi connectivity index (χ2v) is 6.15. The SMILES string of the molecule is CCCCSc1c(-c2ccccc2C=O)cnc2[nH]ncc12. The van der Waals surface area contributed by atoms with Gasteiger partial charge in [0.2, 0.25) is 0 Å². The van der Waals surface area contributed by atoms with Crippen LogP contribution in [0.15, 0.2) is 41.6 Å². The number of nitrogens with zero attached hydrogens (tertiary/aromatic N) is 2. The molecule has 0 amide bonds. The molecule has 0 aliphatic rings.